The van der Waals surface area contributed by atoms with Crippen molar-refractivity contribution < 1.29 is 13.5 Å². The summed E-state index contributed by atoms with van der Waals surface area (Å²) >= 11 is 5.46. The zero-order valence-corrected chi connectivity index (χ0v) is 10.3. The summed E-state index contributed by atoms with van der Waals surface area (Å²) in [4.78, 5) is 0. The number of halogens is 1. The molecule has 1 rings (SSSR count). The van der Waals surface area contributed by atoms with Crippen LogP contribution in [0.2, 0.25) is 0 Å². The smallest absolute Gasteiger partial charge is 0.211 e. The molecule has 2 N–H and O–H groups in total. The van der Waals surface area contributed by atoms with Crippen LogP contribution in [-0.4, -0.2) is 37.3 Å². The van der Waals surface area contributed by atoms with Crippen LogP contribution in [0.25, 0.3) is 0 Å². The highest BCUT2D eigenvalue weighted by molar-refractivity contribution is 7.89. The fraction of sp³-hybridized carbons (Fsp3) is 1.00. The first-order chi connectivity index (χ1) is 6.97. The van der Waals surface area contributed by atoms with Gasteiger partial charge < -0.3 is 5.11 Å². The molecule has 0 aromatic heterocycles. The molecule has 1 fully saturated rings. The number of rotatable bonds is 7. The topological polar surface area (TPSA) is 66.4 Å². The molecule has 0 spiro atoms. The molecule has 0 saturated heterocycles. The molecule has 0 aromatic rings. The molecule has 1 saturated carbocycles. The molecule has 1 aliphatic carbocycles. The van der Waals surface area contributed by atoms with E-state index in [1.807, 2.05) is 0 Å². The largest absolute Gasteiger partial charge is 0.389 e. The predicted octanol–water partition coefficient (Wildman–Crippen LogP) is 0.840. The molecule has 15 heavy (non-hydrogen) atoms. The van der Waals surface area contributed by atoms with Gasteiger partial charge >= 0.3 is 0 Å². The SMILES string of the molecule is O=S(=O)(CCCCCl)NCC1(O)CCC1. The molecule has 0 amide bonds. The van der Waals surface area contributed by atoms with Crippen molar-refractivity contribution >= 4 is 21.6 Å². The third-order valence-corrected chi connectivity index (χ3v) is 4.38. The third kappa shape index (κ3) is 4.68. The van der Waals surface area contributed by atoms with Crippen LogP contribution in [0.15, 0.2) is 0 Å². The first-order valence-electron chi connectivity index (χ1n) is 5.23. The molecule has 0 bridgehead atoms. The Kier molecular flexibility index (Phi) is 4.83. The normalized spacial score (nSPS) is 19.9. The summed E-state index contributed by atoms with van der Waals surface area (Å²) in [5, 5.41) is 9.70. The summed E-state index contributed by atoms with van der Waals surface area (Å²) in [6.45, 7) is 0.149. The van der Waals surface area contributed by atoms with E-state index in [2.05, 4.69) is 4.72 Å². The number of unbranched alkanes of at least 4 members (excludes halogenated alkanes) is 1. The van der Waals surface area contributed by atoms with E-state index in [1.54, 1.807) is 0 Å². The number of aliphatic hydroxyl groups is 1. The Morgan fingerprint density at radius 2 is 2.00 bits per heavy atom. The summed E-state index contributed by atoms with van der Waals surface area (Å²) in [7, 11) is -3.23. The van der Waals surface area contributed by atoms with Crippen LogP contribution in [0.3, 0.4) is 0 Å². The molecule has 4 nitrogen and oxygen atoms in total. The van der Waals surface area contributed by atoms with Crippen molar-refractivity contribution in [3.63, 3.8) is 0 Å². The lowest BCUT2D eigenvalue weighted by Crippen LogP contribution is -2.48. The van der Waals surface area contributed by atoms with E-state index in [4.69, 9.17) is 11.6 Å². The van der Waals surface area contributed by atoms with Crippen molar-refractivity contribution in [1.29, 1.82) is 0 Å². The Morgan fingerprint density at radius 3 is 2.47 bits per heavy atom. The minimum atomic E-state index is -3.23. The molecule has 0 radical (unpaired) electrons. The van der Waals surface area contributed by atoms with E-state index >= 15 is 0 Å². The van der Waals surface area contributed by atoms with Gasteiger partial charge in [-0.3, -0.25) is 0 Å². The van der Waals surface area contributed by atoms with Gasteiger partial charge in [-0.15, -0.1) is 11.6 Å². The highest BCUT2D eigenvalue weighted by atomic mass is 35.5. The number of hydrogen-bond donors (Lipinski definition) is 2. The second kappa shape index (κ2) is 5.48. The average molecular weight is 256 g/mol. The predicted molar refractivity (Wildman–Crippen MR) is 60.5 cm³/mol. The van der Waals surface area contributed by atoms with E-state index < -0.39 is 15.6 Å². The molecular formula is C9H18ClNO3S. The number of hydrogen-bond acceptors (Lipinski definition) is 3. The molecule has 0 aliphatic heterocycles. The number of nitrogens with one attached hydrogen (secondary N) is 1. The van der Waals surface area contributed by atoms with Crippen LogP contribution in [0.5, 0.6) is 0 Å². The van der Waals surface area contributed by atoms with E-state index in [9.17, 15) is 13.5 Å². The van der Waals surface area contributed by atoms with Gasteiger partial charge in [-0.25, -0.2) is 13.1 Å². The average Bonchev–Trinajstić information content (AvgIpc) is 2.12. The van der Waals surface area contributed by atoms with E-state index in [-0.39, 0.29) is 12.3 Å². The zero-order valence-electron chi connectivity index (χ0n) is 8.71. The highest BCUT2D eigenvalue weighted by Gasteiger charge is 2.35. The second-order valence-electron chi connectivity index (χ2n) is 4.11. The fourth-order valence-electron chi connectivity index (χ4n) is 1.46. The van der Waals surface area contributed by atoms with Gasteiger partial charge in [-0.1, -0.05) is 0 Å². The van der Waals surface area contributed by atoms with Crippen molar-refractivity contribution in [2.45, 2.75) is 37.7 Å². The minimum absolute atomic E-state index is 0.0931. The van der Waals surface area contributed by atoms with Crippen LogP contribution >= 0.6 is 11.6 Å². The Morgan fingerprint density at radius 1 is 1.33 bits per heavy atom. The molecule has 0 aromatic carbocycles. The van der Waals surface area contributed by atoms with Crippen LogP contribution < -0.4 is 4.72 Å². The van der Waals surface area contributed by atoms with Gasteiger partial charge in [0.15, 0.2) is 0 Å². The summed E-state index contributed by atoms with van der Waals surface area (Å²) in [6.07, 6.45) is 3.63. The maximum absolute atomic E-state index is 11.4. The van der Waals surface area contributed by atoms with Crippen molar-refractivity contribution in [2.75, 3.05) is 18.2 Å². The standard InChI is InChI=1S/C9H18ClNO3S/c10-6-1-2-7-15(13,14)11-8-9(12)4-3-5-9/h11-12H,1-8H2. The van der Waals surface area contributed by atoms with E-state index in [1.165, 1.54) is 0 Å². The van der Waals surface area contributed by atoms with Crippen LogP contribution in [0.1, 0.15) is 32.1 Å². The van der Waals surface area contributed by atoms with Gasteiger partial charge in [0, 0.05) is 12.4 Å². The van der Waals surface area contributed by atoms with Crippen molar-refractivity contribution in [3.05, 3.63) is 0 Å². The van der Waals surface area contributed by atoms with Crippen molar-refractivity contribution in [2.24, 2.45) is 0 Å². The van der Waals surface area contributed by atoms with E-state index in [0.717, 1.165) is 6.42 Å². The fourth-order valence-corrected chi connectivity index (χ4v) is 2.87. The van der Waals surface area contributed by atoms with Crippen molar-refractivity contribution in [1.82, 2.24) is 4.72 Å². The highest BCUT2D eigenvalue weighted by Crippen LogP contribution is 2.30. The minimum Gasteiger partial charge on any atom is -0.389 e. The maximum Gasteiger partial charge on any atom is 0.211 e. The zero-order chi connectivity index (χ0) is 11.4. The van der Waals surface area contributed by atoms with Crippen LogP contribution in [-0.2, 0) is 10.0 Å². The molecule has 6 heteroatoms. The monoisotopic (exact) mass is 255 g/mol. The third-order valence-electron chi connectivity index (χ3n) is 2.70. The van der Waals surface area contributed by atoms with Gasteiger partial charge in [0.05, 0.1) is 11.4 Å². The van der Waals surface area contributed by atoms with Gasteiger partial charge in [0.2, 0.25) is 10.0 Å². The lowest BCUT2D eigenvalue weighted by atomic mass is 9.81. The Labute approximate surface area is 96.1 Å². The number of sulfonamides is 1. The van der Waals surface area contributed by atoms with Gasteiger partial charge in [0.1, 0.15) is 0 Å². The van der Waals surface area contributed by atoms with E-state index in [0.29, 0.717) is 31.6 Å². The summed E-state index contributed by atoms with van der Waals surface area (Å²) in [6, 6.07) is 0. The van der Waals surface area contributed by atoms with Crippen molar-refractivity contribution in [3.8, 4) is 0 Å². The van der Waals surface area contributed by atoms with Gasteiger partial charge in [-0.2, -0.15) is 0 Å². The number of alkyl halides is 1. The first kappa shape index (κ1) is 13.2. The van der Waals surface area contributed by atoms with Crippen LogP contribution in [0, 0.1) is 0 Å². The van der Waals surface area contributed by atoms with Crippen LogP contribution in [0.4, 0.5) is 0 Å². The molecule has 90 valence electrons. The molecule has 0 heterocycles. The second-order valence-corrected chi connectivity index (χ2v) is 6.42. The quantitative estimate of drug-likeness (QED) is 0.523. The Balaban J connectivity index is 2.23. The summed E-state index contributed by atoms with van der Waals surface area (Å²) < 4.78 is 25.3. The Hall–Kier alpha value is 0.160. The molecule has 0 atom stereocenters. The lowest BCUT2D eigenvalue weighted by Gasteiger charge is -2.36. The summed E-state index contributed by atoms with van der Waals surface area (Å²) in [5.74, 6) is 0.579. The van der Waals surface area contributed by atoms with Gasteiger partial charge in [-0.05, 0) is 32.1 Å². The maximum atomic E-state index is 11.4. The van der Waals surface area contributed by atoms with Gasteiger partial charge in [0.25, 0.3) is 0 Å². The molecule has 1 aliphatic rings. The Bertz CT molecular complexity index is 288. The lowest BCUT2D eigenvalue weighted by molar-refractivity contribution is -0.0270. The molecule has 0 unspecified atom stereocenters. The molecular weight excluding hydrogens is 238 g/mol. The first-order valence-corrected chi connectivity index (χ1v) is 7.42. The summed E-state index contributed by atoms with van der Waals surface area (Å²) in [5.41, 5.74) is -0.792.